The van der Waals surface area contributed by atoms with Gasteiger partial charge in [0.15, 0.2) is 17.6 Å². The molecule has 0 aromatic carbocycles. The quantitative estimate of drug-likeness (QED) is 0.131. The van der Waals surface area contributed by atoms with E-state index in [4.69, 9.17) is 9.47 Å². The molecule has 3 N–H and O–H groups in total. The number of H-pyrrole nitrogens is 1. The Morgan fingerprint density at radius 3 is 2.87 bits per heavy atom. The highest BCUT2D eigenvalue weighted by Gasteiger charge is 2.40. The maximum absolute atomic E-state index is 12.9. The molecule has 0 saturated carbocycles. The first kappa shape index (κ1) is 29.8. The minimum Gasteiger partial charge on any atom is -0.394 e. The Kier molecular flexibility index (Phi) is 10.1. The van der Waals surface area contributed by atoms with Gasteiger partial charge in [0.1, 0.15) is 16.9 Å². The van der Waals surface area contributed by atoms with Gasteiger partial charge >= 0.3 is 12.1 Å². The smallest absolute Gasteiger partial charge is 0.394 e. The van der Waals surface area contributed by atoms with Crippen molar-refractivity contribution in [2.45, 2.75) is 43.4 Å². The number of alkyl halides is 3. The van der Waals surface area contributed by atoms with Gasteiger partial charge in [-0.15, -0.1) is 0 Å². The van der Waals surface area contributed by atoms with Crippen molar-refractivity contribution >= 4 is 50.8 Å². The van der Waals surface area contributed by atoms with Gasteiger partial charge in [0, 0.05) is 20.5 Å². The Morgan fingerprint density at radius 1 is 1.50 bits per heavy atom. The largest absolute Gasteiger partial charge is 0.471 e. The lowest BCUT2D eigenvalue weighted by Gasteiger charge is -2.20. The van der Waals surface area contributed by atoms with E-state index in [0.29, 0.717) is 0 Å². The van der Waals surface area contributed by atoms with Gasteiger partial charge in [-0.05, 0) is 19.1 Å². The summed E-state index contributed by atoms with van der Waals surface area (Å²) in [5.41, 5.74) is -0.845. The van der Waals surface area contributed by atoms with Gasteiger partial charge in [0.2, 0.25) is 5.95 Å². The molecule has 1 aliphatic rings. The molecule has 38 heavy (non-hydrogen) atoms. The van der Waals surface area contributed by atoms with Crippen molar-refractivity contribution in [2.75, 3.05) is 33.5 Å². The van der Waals surface area contributed by atoms with Crippen molar-refractivity contribution < 1.29 is 32.5 Å². The van der Waals surface area contributed by atoms with E-state index in [1.165, 1.54) is 32.6 Å². The highest BCUT2D eigenvalue weighted by atomic mass is 33.1. The van der Waals surface area contributed by atoms with Crippen LogP contribution in [0, 0.1) is 11.8 Å². The van der Waals surface area contributed by atoms with Crippen LogP contribution in [0.2, 0.25) is 0 Å². The number of nitrogens with one attached hydrogen (secondary N) is 2. The number of amides is 1. The van der Waals surface area contributed by atoms with Gasteiger partial charge in [-0.1, -0.05) is 27.5 Å². The summed E-state index contributed by atoms with van der Waals surface area (Å²) in [5, 5.41) is 15.8. The Labute approximate surface area is 223 Å². The fraction of sp³-hybridized carbons (Fsp3) is 0.571. The van der Waals surface area contributed by atoms with Gasteiger partial charge < -0.3 is 24.8 Å². The molecule has 0 aliphatic carbocycles. The molecule has 2 aromatic rings. The van der Waals surface area contributed by atoms with Crippen LogP contribution in [0.5, 0.6) is 0 Å². The van der Waals surface area contributed by atoms with Crippen LogP contribution in [0.4, 0.5) is 19.1 Å². The Hall–Kier alpha value is -2.78. The Balaban J connectivity index is 1.99. The number of aliphatic hydroxyl groups is 1. The number of fused-ring (bicyclic) bond motifs is 1. The number of hydrogen-bond acceptors (Lipinski definition) is 10. The summed E-state index contributed by atoms with van der Waals surface area (Å²) in [6.45, 7) is 0.916. The highest BCUT2D eigenvalue weighted by Crippen LogP contribution is 2.35. The van der Waals surface area contributed by atoms with Gasteiger partial charge in [-0.3, -0.25) is 14.6 Å². The van der Waals surface area contributed by atoms with Gasteiger partial charge in [0.05, 0.1) is 25.6 Å². The maximum Gasteiger partial charge on any atom is 0.471 e. The molecular weight excluding hydrogens is 551 g/mol. The number of halogens is 3. The molecule has 0 bridgehead atoms. The van der Waals surface area contributed by atoms with Crippen molar-refractivity contribution in [3.8, 4) is 11.8 Å². The van der Waals surface area contributed by atoms with E-state index < -0.39 is 42.6 Å². The average Bonchev–Trinajstić information content (AvgIpc) is 3.41. The van der Waals surface area contributed by atoms with E-state index in [1.54, 1.807) is 24.3 Å². The Morgan fingerprint density at radius 2 is 2.24 bits per heavy atom. The Bertz CT molecular complexity index is 1290. The topological polar surface area (TPSA) is 147 Å². The normalized spacial score (nSPS) is 20.5. The first-order chi connectivity index (χ1) is 17.9. The summed E-state index contributed by atoms with van der Waals surface area (Å²) in [6, 6.07) is 0. The second kappa shape index (κ2) is 12.8. The number of carbonyl (C=O) groups is 1. The maximum atomic E-state index is 12.9. The van der Waals surface area contributed by atoms with Crippen LogP contribution in [-0.2, 0) is 14.3 Å². The predicted molar refractivity (Wildman–Crippen MR) is 137 cm³/mol. The number of rotatable bonds is 9. The van der Waals surface area contributed by atoms with Gasteiger partial charge in [-0.2, -0.15) is 23.3 Å². The van der Waals surface area contributed by atoms with Crippen molar-refractivity contribution in [1.29, 1.82) is 0 Å². The zero-order valence-corrected chi connectivity index (χ0v) is 22.4. The number of hydrogen-bond donors (Lipinski definition) is 3. The number of aromatic amines is 1. The fourth-order valence-corrected chi connectivity index (χ4v) is 4.88. The summed E-state index contributed by atoms with van der Waals surface area (Å²) >= 11 is 0. The van der Waals surface area contributed by atoms with Crippen molar-refractivity contribution in [2.24, 2.45) is 4.99 Å². The number of aliphatic imine (C=N–C) groups is 1. The number of aliphatic hydroxyl groups excluding tert-OH is 1. The third-order valence-electron chi connectivity index (χ3n) is 4.99. The van der Waals surface area contributed by atoms with Crippen LogP contribution in [0.25, 0.3) is 11.0 Å². The SMILES string of the molecule is CSS[C@H](C)O[C@@H]1C[C@H](n2nc(C#CCNC(=O)C(F)(F)F)c3c(=O)[nH]c(N=CN(C)C)nc32)O[C@@H]1CO. The van der Waals surface area contributed by atoms with E-state index in [2.05, 4.69) is 31.9 Å². The monoisotopic (exact) mass is 577 g/mol. The second-order valence-electron chi connectivity index (χ2n) is 8.12. The zero-order valence-electron chi connectivity index (χ0n) is 20.8. The van der Waals surface area contributed by atoms with Crippen molar-refractivity contribution in [1.82, 2.24) is 30.0 Å². The number of carbonyl (C=O) groups excluding carboxylic acids is 1. The zero-order chi connectivity index (χ0) is 28.0. The minimum atomic E-state index is -5.05. The highest BCUT2D eigenvalue weighted by molar-refractivity contribution is 8.76. The molecule has 17 heteroatoms. The van der Waals surface area contributed by atoms with Gasteiger partial charge in [0.25, 0.3) is 5.56 Å². The second-order valence-corrected chi connectivity index (χ2v) is 10.9. The molecule has 12 nitrogen and oxygen atoms in total. The fourth-order valence-electron chi connectivity index (χ4n) is 3.47. The molecule has 3 heterocycles. The van der Waals surface area contributed by atoms with E-state index >= 15 is 0 Å². The molecule has 208 valence electrons. The first-order valence-corrected chi connectivity index (χ1v) is 13.7. The molecule has 1 aliphatic heterocycles. The summed E-state index contributed by atoms with van der Waals surface area (Å²) in [6.07, 6.45) is -3.41. The lowest BCUT2D eigenvalue weighted by atomic mass is 10.2. The molecule has 0 unspecified atom stereocenters. The van der Waals surface area contributed by atoms with Crippen molar-refractivity contribution in [3.05, 3.63) is 16.0 Å². The minimum absolute atomic E-state index is 0.0243. The molecule has 0 radical (unpaired) electrons. The third-order valence-corrected chi connectivity index (χ3v) is 6.96. The average molecular weight is 578 g/mol. The van der Waals surface area contributed by atoms with Crippen LogP contribution in [0.1, 0.15) is 25.3 Å². The first-order valence-electron chi connectivity index (χ1n) is 11.1. The lowest BCUT2D eigenvalue weighted by molar-refractivity contribution is -0.173. The molecule has 1 saturated heterocycles. The van der Waals surface area contributed by atoms with Crippen LogP contribution in [0.15, 0.2) is 9.79 Å². The molecule has 0 spiro atoms. The lowest BCUT2D eigenvalue weighted by Crippen LogP contribution is -2.36. The molecule has 4 atom stereocenters. The van der Waals surface area contributed by atoms with Crippen LogP contribution in [-0.4, -0.2) is 99.3 Å². The molecule has 1 fully saturated rings. The van der Waals surface area contributed by atoms with Crippen LogP contribution in [0.3, 0.4) is 0 Å². The predicted octanol–water partition coefficient (Wildman–Crippen LogP) is 1.39. The van der Waals surface area contributed by atoms with E-state index in [-0.39, 0.29) is 41.1 Å². The number of nitrogens with zero attached hydrogens (tertiary/aromatic N) is 5. The van der Waals surface area contributed by atoms with Gasteiger partial charge in [-0.25, -0.2) is 9.67 Å². The number of ether oxygens (including phenoxy) is 2. The summed E-state index contributed by atoms with van der Waals surface area (Å²) in [4.78, 5) is 36.6. The van der Waals surface area contributed by atoms with E-state index in [9.17, 15) is 27.9 Å². The summed E-state index contributed by atoms with van der Waals surface area (Å²) in [5.74, 6) is 2.72. The van der Waals surface area contributed by atoms with Crippen LogP contribution >= 0.6 is 21.6 Å². The molecule has 1 amide bonds. The summed E-state index contributed by atoms with van der Waals surface area (Å²) in [7, 11) is 6.49. The molecule has 2 aromatic heterocycles. The number of aromatic nitrogens is 4. The molecule has 3 rings (SSSR count). The third kappa shape index (κ3) is 7.41. The van der Waals surface area contributed by atoms with Crippen LogP contribution < -0.4 is 10.9 Å². The standard InChI is InChI=1S/C21H26F3N7O5S2/c1-11(38-37-4)35-13-8-15(36-14(13)9-32)31-17-16(18(33)28-20(27-17)26-10-30(2)3)12(29-31)6-5-7-25-19(34)21(22,23)24/h10-11,13-15,32H,7-9H2,1-4H3,(H,25,34)(H,27,28,33)/t11-,13-,14-,15-/m1/s1. The van der Waals surface area contributed by atoms with Crippen molar-refractivity contribution in [3.63, 3.8) is 0 Å². The van der Waals surface area contributed by atoms with E-state index in [1.807, 2.05) is 13.2 Å². The summed E-state index contributed by atoms with van der Waals surface area (Å²) < 4.78 is 50.5. The van der Waals surface area contributed by atoms with E-state index in [0.717, 1.165) is 0 Å². The molecular formula is C21H26F3N7O5S2.